The molecule has 0 radical (unpaired) electrons. The molecule has 0 aliphatic rings. The highest BCUT2D eigenvalue weighted by Crippen LogP contribution is 2.22. The van der Waals surface area contributed by atoms with E-state index in [2.05, 4.69) is 26.2 Å². The van der Waals surface area contributed by atoms with Crippen molar-refractivity contribution in [2.45, 2.75) is 0 Å². The number of pyridine rings is 1. The number of furan rings is 1. The number of hydrogen-bond donors (Lipinski definition) is 1. The maximum atomic E-state index is 11.9. The maximum Gasteiger partial charge on any atom is 0.249 e. The van der Waals surface area contributed by atoms with Crippen LogP contribution in [0.25, 0.3) is 17.4 Å². The van der Waals surface area contributed by atoms with Crippen LogP contribution in [0.15, 0.2) is 75.8 Å². The molecule has 0 spiro atoms. The molecule has 0 aliphatic carbocycles. The first-order chi connectivity index (χ1) is 11.2. The van der Waals surface area contributed by atoms with E-state index in [-0.39, 0.29) is 5.91 Å². The molecule has 0 saturated heterocycles. The molecular weight excluding hydrogens is 356 g/mol. The molecule has 3 rings (SSSR count). The van der Waals surface area contributed by atoms with E-state index in [0.29, 0.717) is 11.6 Å². The van der Waals surface area contributed by atoms with Crippen LogP contribution in [-0.4, -0.2) is 10.9 Å². The van der Waals surface area contributed by atoms with Crippen LogP contribution in [0.1, 0.15) is 5.76 Å². The molecule has 5 heteroatoms. The summed E-state index contributed by atoms with van der Waals surface area (Å²) < 4.78 is 6.55. The van der Waals surface area contributed by atoms with E-state index in [0.717, 1.165) is 15.8 Å². The molecule has 0 fully saturated rings. The first kappa shape index (κ1) is 15.2. The minimum Gasteiger partial charge on any atom is -0.457 e. The molecule has 2 aromatic heterocycles. The summed E-state index contributed by atoms with van der Waals surface area (Å²) in [6, 6.07) is 17.0. The van der Waals surface area contributed by atoms with E-state index < -0.39 is 0 Å². The highest BCUT2D eigenvalue weighted by molar-refractivity contribution is 9.10. The Bertz CT molecular complexity index is 824. The lowest BCUT2D eigenvalue weighted by Crippen LogP contribution is -2.08. The zero-order valence-corrected chi connectivity index (χ0v) is 13.7. The number of amides is 1. The summed E-state index contributed by atoms with van der Waals surface area (Å²) in [5.41, 5.74) is 0.996. The van der Waals surface area contributed by atoms with E-state index >= 15 is 0 Å². The summed E-state index contributed by atoms with van der Waals surface area (Å²) in [5.74, 6) is 1.60. The van der Waals surface area contributed by atoms with Gasteiger partial charge in [0.05, 0.1) is 0 Å². The average molecular weight is 369 g/mol. The van der Waals surface area contributed by atoms with Crippen LogP contribution in [0.4, 0.5) is 5.82 Å². The van der Waals surface area contributed by atoms with Crippen molar-refractivity contribution in [1.29, 1.82) is 0 Å². The van der Waals surface area contributed by atoms with Gasteiger partial charge in [-0.2, -0.15) is 0 Å². The molecule has 0 bridgehead atoms. The Morgan fingerprint density at radius 2 is 1.91 bits per heavy atom. The molecular formula is C18H13BrN2O2. The first-order valence-corrected chi connectivity index (χ1v) is 7.76. The van der Waals surface area contributed by atoms with Crippen LogP contribution in [0, 0.1) is 0 Å². The fraction of sp³-hybridized carbons (Fsp3) is 0. The average Bonchev–Trinajstić information content (AvgIpc) is 3.05. The van der Waals surface area contributed by atoms with Gasteiger partial charge in [0.2, 0.25) is 5.91 Å². The molecule has 0 unspecified atom stereocenters. The Hall–Kier alpha value is -2.66. The summed E-state index contributed by atoms with van der Waals surface area (Å²) >= 11 is 3.29. The number of halogens is 1. The van der Waals surface area contributed by atoms with Gasteiger partial charge in [-0.1, -0.05) is 30.3 Å². The lowest BCUT2D eigenvalue weighted by molar-refractivity contribution is -0.111. The number of anilines is 1. The minimum atomic E-state index is -0.266. The molecule has 114 valence electrons. The Morgan fingerprint density at radius 1 is 1.09 bits per heavy atom. The standard InChI is InChI=1S/C18H13BrN2O2/c19-14-6-10-17(20-12-14)21-18(22)11-8-15-7-9-16(23-15)13-4-2-1-3-5-13/h1-12H,(H,20,21,22)/b11-8+. The van der Waals surface area contributed by atoms with E-state index in [1.165, 1.54) is 6.08 Å². The molecule has 0 saturated carbocycles. The first-order valence-electron chi connectivity index (χ1n) is 6.96. The van der Waals surface area contributed by atoms with E-state index in [9.17, 15) is 4.79 Å². The smallest absolute Gasteiger partial charge is 0.249 e. The van der Waals surface area contributed by atoms with Crippen LogP contribution >= 0.6 is 15.9 Å². The van der Waals surface area contributed by atoms with Gasteiger partial charge in [-0.05, 0) is 46.3 Å². The van der Waals surface area contributed by atoms with Gasteiger partial charge in [-0.15, -0.1) is 0 Å². The highest BCUT2D eigenvalue weighted by atomic mass is 79.9. The Balaban J connectivity index is 1.65. The second-order valence-electron chi connectivity index (χ2n) is 4.75. The second-order valence-corrected chi connectivity index (χ2v) is 5.67. The molecule has 0 aliphatic heterocycles. The number of aromatic nitrogens is 1. The number of carbonyl (C=O) groups is 1. The van der Waals surface area contributed by atoms with Crippen molar-refractivity contribution < 1.29 is 9.21 Å². The largest absolute Gasteiger partial charge is 0.457 e. The van der Waals surface area contributed by atoms with Crippen LogP contribution in [0.2, 0.25) is 0 Å². The summed E-state index contributed by atoms with van der Waals surface area (Å²) in [7, 11) is 0. The van der Waals surface area contributed by atoms with Crippen molar-refractivity contribution in [3.05, 3.63) is 77.1 Å². The van der Waals surface area contributed by atoms with Crippen molar-refractivity contribution in [1.82, 2.24) is 4.98 Å². The fourth-order valence-electron chi connectivity index (χ4n) is 1.98. The zero-order chi connectivity index (χ0) is 16.1. The molecule has 0 atom stereocenters. The molecule has 2 heterocycles. The van der Waals surface area contributed by atoms with Gasteiger partial charge in [0.1, 0.15) is 17.3 Å². The summed E-state index contributed by atoms with van der Waals surface area (Å²) in [5, 5.41) is 2.68. The van der Waals surface area contributed by atoms with Crippen molar-refractivity contribution in [2.24, 2.45) is 0 Å². The topological polar surface area (TPSA) is 55.1 Å². The predicted molar refractivity (Wildman–Crippen MR) is 93.7 cm³/mol. The third kappa shape index (κ3) is 4.17. The van der Waals surface area contributed by atoms with Gasteiger partial charge in [-0.25, -0.2) is 4.98 Å². The lowest BCUT2D eigenvalue weighted by atomic mass is 10.2. The summed E-state index contributed by atoms with van der Waals surface area (Å²) in [4.78, 5) is 15.9. The number of benzene rings is 1. The summed E-state index contributed by atoms with van der Waals surface area (Å²) in [6.45, 7) is 0. The lowest BCUT2D eigenvalue weighted by Gasteiger charge is -2.00. The predicted octanol–water partition coefficient (Wildman–Crippen LogP) is 4.76. The van der Waals surface area contributed by atoms with Crippen LogP contribution in [0.3, 0.4) is 0 Å². The van der Waals surface area contributed by atoms with Crippen LogP contribution in [-0.2, 0) is 4.79 Å². The molecule has 1 amide bonds. The normalized spacial score (nSPS) is 10.8. The molecule has 1 N–H and O–H groups in total. The van der Waals surface area contributed by atoms with Crippen molar-refractivity contribution in [2.75, 3.05) is 5.32 Å². The zero-order valence-electron chi connectivity index (χ0n) is 12.1. The number of hydrogen-bond acceptors (Lipinski definition) is 3. The van der Waals surface area contributed by atoms with Crippen LogP contribution in [0.5, 0.6) is 0 Å². The SMILES string of the molecule is O=C(/C=C/c1ccc(-c2ccccc2)o1)Nc1ccc(Br)cn1. The van der Waals surface area contributed by atoms with Gasteiger partial charge in [0, 0.05) is 22.3 Å². The van der Waals surface area contributed by atoms with E-state index in [1.54, 1.807) is 18.3 Å². The number of rotatable bonds is 4. The minimum absolute atomic E-state index is 0.266. The maximum absolute atomic E-state index is 11.9. The number of carbonyl (C=O) groups excluding carboxylic acids is 1. The number of nitrogens with zero attached hydrogens (tertiary/aromatic N) is 1. The number of nitrogens with one attached hydrogen (secondary N) is 1. The van der Waals surface area contributed by atoms with Crippen molar-refractivity contribution in [3.63, 3.8) is 0 Å². The van der Waals surface area contributed by atoms with Gasteiger partial charge in [0.25, 0.3) is 0 Å². The summed E-state index contributed by atoms with van der Waals surface area (Å²) in [6.07, 6.45) is 4.66. The monoisotopic (exact) mass is 368 g/mol. The Kier molecular flexibility index (Phi) is 4.68. The Labute approximate surface area is 142 Å². The highest BCUT2D eigenvalue weighted by Gasteiger charge is 2.03. The van der Waals surface area contributed by atoms with Gasteiger partial charge >= 0.3 is 0 Å². The van der Waals surface area contributed by atoms with Crippen LogP contribution < -0.4 is 5.32 Å². The molecule has 3 aromatic rings. The third-order valence-corrected chi connectivity index (χ3v) is 3.53. The van der Waals surface area contributed by atoms with Gasteiger partial charge in [0.15, 0.2) is 0 Å². The third-order valence-electron chi connectivity index (χ3n) is 3.06. The quantitative estimate of drug-likeness (QED) is 0.675. The fourth-order valence-corrected chi connectivity index (χ4v) is 2.21. The second kappa shape index (κ2) is 7.07. The van der Waals surface area contributed by atoms with Gasteiger partial charge < -0.3 is 9.73 Å². The molecule has 1 aromatic carbocycles. The van der Waals surface area contributed by atoms with Crippen molar-refractivity contribution in [3.8, 4) is 11.3 Å². The molecule has 23 heavy (non-hydrogen) atoms. The van der Waals surface area contributed by atoms with Gasteiger partial charge in [-0.3, -0.25) is 4.79 Å². The molecule has 4 nitrogen and oxygen atoms in total. The van der Waals surface area contributed by atoms with Crippen molar-refractivity contribution >= 4 is 33.7 Å². The van der Waals surface area contributed by atoms with E-state index in [4.69, 9.17) is 4.42 Å². The van der Waals surface area contributed by atoms with E-state index in [1.807, 2.05) is 48.5 Å². The Morgan fingerprint density at radius 3 is 2.65 bits per heavy atom.